The van der Waals surface area contributed by atoms with Crippen molar-refractivity contribution in [2.24, 2.45) is 0 Å². The van der Waals surface area contributed by atoms with Gasteiger partial charge in [-0.05, 0) is 12.1 Å². The molecule has 4 nitrogen and oxygen atoms in total. The van der Waals surface area contributed by atoms with Crippen molar-refractivity contribution in [1.29, 1.82) is 0 Å². The molecule has 1 aliphatic rings. The summed E-state index contributed by atoms with van der Waals surface area (Å²) in [5, 5.41) is 12.5. The Kier molecular flexibility index (Phi) is 4.29. The molecule has 102 valence electrons. The molecule has 1 atom stereocenters. The predicted octanol–water partition coefficient (Wildman–Crippen LogP) is 1.11. The van der Waals surface area contributed by atoms with Gasteiger partial charge in [-0.3, -0.25) is 4.79 Å². The van der Waals surface area contributed by atoms with Gasteiger partial charge in [0.15, 0.2) is 0 Å². The summed E-state index contributed by atoms with van der Waals surface area (Å²) < 4.78 is 18.4. The molecule has 2 rings (SSSR count). The van der Waals surface area contributed by atoms with Gasteiger partial charge in [0, 0.05) is 31.2 Å². The van der Waals surface area contributed by atoms with Crippen molar-refractivity contribution in [3.8, 4) is 0 Å². The monoisotopic (exact) mass is 265 g/mol. The average Bonchev–Trinajstić information content (AvgIpc) is 2.83. The minimum atomic E-state index is -0.985. The molecule has 1 aromatic carbocycles. The maximum Gasteiger partial charge on any atom is 0.244 e. The highest BCUT2D eigenvalue weighted by Crippen LogP contribution is 2.16. The number of carbonyl (C=O) groups excluding carboxylic acids is 1. The summed E-state index contributed by atoms with van der Waals surface area (Å²) in [6.45, 7) is 0.856. The summed E-state index contributed by atoms with van der Waals surface area (Å²) in [5.74, 6) is -0.752. The summed E-state index contributed by atoms with van der Waals surface area (Å²) in [7, 11) is 0. The largest absolute Gasteiger partial charge is 0.386 e. The number of amides is 1. The molecule has 1 fully saturated rings. The van der Waals surface area contributed by atoms with Crippen molar-refractivity contribution in [2.75, 3.05) is 19.8 Å². The summed E-state index contributed by atoms with van der Waals surface area (Å²) in [6, 6.07) is 6.19. The second kappa shape index (κ2) is 5.95. The van der Waals surface area contributed by atoms with Gasteiger partial charge in [0.2, 0.25) is 5.91 Å². The molecule has 0 aliphatic carbocycles. The minimum absolute atomic E-state index is 0.132. The molecule has 1 amide bonds. The van der Waals surface area contributed by atoms with E-state index in [9.17, 15) is 14.3 Å². The first-order valence-corrected chi connectivity index (χ1v) is 6.10. The third kappa shape index (κ3) is 3.87. The lowest BCUT2D eigenvalue weighted by atomic mass is 10.0. The Balaban J connectivity index is 1.86. The molecule has 0 bridgehead atoms. The van der Waals surface area contributed by atoms with Crippen LogP contribution in [0.1, 0.15) is 12.0 Å². The van der Waals surface area contributed by atoms with Crippen molar-refractivity contribution in [1.82, 2.24) is 5.32 Å². The van der Waals surface area contributed by atoms with Crippen LogP contribution in [0.3, 0.4) is 0 Å². The Morgan fingerprint density at radius 3 is 3.00 bits per heavy atom. The lowest BCUT2D eigenvalue weighted by molar-refractivity contribution is -0.117. The van der Waals surface area contributed by atoms with Gasteiger partial charge < -0.3 is 15.2 Å². The van der Waals surface area contributed by atoms with E-state index in [0.717, 1.165) is 0 Å². The highest BCUT2D eigenvalue weighted by Gasteiger charge is 2.32. The minimum Gasteiger partial charge on any atom is -0.386 e. The molecule has 1 aromatic rings. The Bertz CT molecular complexity index is 481. The Labute approximate surface area is 110 Å². The number of carbonyl (C=O) groups is 1. The van der Waals surface area contributed by atoms with Crippen LogP contribution in [0.5, 0.6) is 0 Å². The molecule has 0 saturated carbocycles. The molecular formula is C14H16FNO3. The molecule has 1 saturated heterocycles. The molecule has 5 heteroatoms. The van der Waals surface area contributed by atoms with E-state index in [1.165, 1.54) is 18.2 Å². The molecule has 0 radical (unpaired) electrons. The summed E-state index contributed by atoms with van der Waals surface area (Å²) in [6.07, 6.45) is 3.15. The maximum atomic E-state index is 13.3. The number of hydrogen-bond donors (Lipinski definition) is 2. The third-order valence-electron chi connectivity index (χ3n) is 2.99. The lowest BCUT2D eigenvalue weighted by Crippen LogP contribution is -2.42. The third-order valence-corrected chi connectivity index (χ3v) is 2.99. The normalized spacial score (nSPS) is 22.8. The molecule has 19 heavy (non-hydrogen) atoms. The van der Waals surface area contributed by atoms with Crippen LogP contribution in [0.4, 0.5) is 4.39 Å². The molecule has 0 spiro atoms. The Morgan fingerprint density at radius 2 is 2.32 bits per heavy atom. The highest BCUT2D eigenvalue weighted by molar-refractivity contribution is 5.91. The number of benzene rings is 1. The fourth-order valence-corrected chi connectivity index (χ4v) is 1.82. The van der Waals surface area contributed by atoms with Gasteiger partial charge in [-0.25, -0.2) is 4.39 Å². The number of ether oxygens (including phenoxy) is 1. The fourth-order valence-electron chi connectivity index (χ4n) is 1.82. The predicted molar refractivity (Wildman–Crippen MR) is 68.8 cm³/mol. The van der Waals surface area contributed by atoms with Crippen molar-refractivity contribution < 1.29 is 19.0 Å². The SMILES string of the molecule is O=C(/C=C/c1ccccc1F)NCC1(O)CCOC1. The van der Waals surface area contributed by atoms with Gasteiger partial charge in [-0.1, -0.05) is 18.2 Å². The van der Waals surface area contributed by atoms with Crippen LogP contribution in [0.25, 0.3) is 6.08 Å². The highest BCUT2D eigenvalue weighted by atomic mass is 19.1. The number of aliphatic hydroxyl groups is 1. The van der Waals surface area contributed by atoms with E-state index in [4.69, 9.17) is 4.74 Å². The number of rotatable bonds is 4. The first kappa shape index (κ1) is 13.7. The van der Waals surface area contributed by atoms with E-state index < -0.39 is 5.60 Å². The van der Waals surface area contributed by atoms with E-state index in [2.05, 4.69) is 5.32 Å². The van der Waals surface area contributed by atoms with E-state index in [1.54, 1.807) is 18.2 Å². The fraction of sp³-hybridized carbons (Fsp3) is 0.357. The first-order chi connectivity index (χ1) is 9.09. The van der Waals surface area contributed by atoms with Crippen LogP contribution >= 0.6 is 0 Å². The lowest BCUT2D eigenvalue weighted by Gasteiger charge is -2.19. The van der Waals surface area contributed by atoms with Gasteiger partial charge in [-0.15, -0.1) is 0 Å². The number of nitrogens with one attached hydrogen (secondary N) is 1. The quantitative estimate of drug-likeness (QED) is 0.802. The average molecular weight is 265 g/mol. The standard InChI is InChI=1S/C14H16FNO3/c15-12-4-2-1-3-11(12)5-6-13(17)16-9-14(18)7-8-19-10-14/h1-6,18H,7-10H2,(H,16,17)/b6-5+. The van der Waals surface area contributed by atoms with Gasteiger partial charge in [0.05, 0.1) is 6.61 Å². The summed E-state index contributed by atoms with van der Waals surface area (Å²) in [4.78, 5) is 11.6. The Morgan fingerprint density at radius 1 is 1.53 bits per heavy atom. The number of hydrogen-bond acceptors (Lipinski definition) is 3. The van der Waals surface area contributed by atoms with E-state index in [1.807, 2.05) is 0 Å². The second-order valence-electron chi connectivity index (χ2n) is 4.60. The van der Waals surface area contributed by atoms with Crippen LogP contribution in [0.15, 0.2) is 30.3 Å². The second-order valence-corrected chi connectivity index (χ2v) is 4.60. The molecule has 1 aliphatic heterocycles. The molecule has 2 N–H and O–H groups in total. The zero-order chi connectivity index (χ0) is 13.7. The van der Waals surface area contributed by atoms with Gasteiger partial charge in [0.1, 0.15) is 11.4 Å². The molecule has 0 aromatic heterocycles. The molecule has 1 heterocycles. The van der Waals surface area contributed by atoms with Gasteiger partial charge in [-0.2, -0.15) is 0 Å². The number of halogens is 1. The van der Waals surface area contributed by atoms with Crippen molar-refractivity contribution in [3.63, 3.8) is 0 Å². The van der Waals surface area contributed by atoms with Crippen LogP contribution < -0.4 is 5.32 Å². The van der Waals surface area contributed by atoms with E-state index in [0.29, 0.717) is 18.6 Å². The summed E-state index contributed by atoms with van der Waals surface area (Å²) in [5.41, 5.74) is -0.637. The first-order valence-electron chi connectivity index (χ1n) is 6.10. The van der Waals surface area contributed by atoms with Crippen LogP contribution in [0, 0.1) is 5.82 Å². The van der Waals surface area contributed by atoms with Crippen molar-refractivity contribution in [2.45, 2.75) is 12.0 Å². The van der Waals surface area contributed by atoms with E-state index >= 15 is 0 Å². The summed E-state index contributed by atoms with van der Waals surface area (Å²) >= 11 is 0. The maximum absolute atomic E-state index is 13.3. The topological polar surface area (TPSA) is 58.6 Å². The molecular weight excluding hydrogens is 249 g/mol. The molecule has 1 unspecified atom stereocenters. The zero-order valence-electron chi connectivity index (χ0n) is 10.4. The smallest absolute Gasteiger partial charge is 0.244 e. The van der Waals surface area contributed by atoms with E-state index in [-0.39, 0.29) is 24.9 Å². The van der Waals surface area contributed by atoms with Crippen LogP contribution in [-0.4, -0.2) is 36.4 Å². The van der Waals surface area contributed by atoms with Crippen molar-refractivity contribution >= 4 is 12.0 Å². The van der Waals surface area contributed by atoms with Crippen LogP contribution in [-0.2, 0) is 9.53 Å². The van der Waals surface area contributed by atoms with Crippen molar-refractivity contribution in [3.05, 3.63) is 41.7 Å². The zero-order valence-corrected chi connectivity index (χ0v) is 10.4. The van der Waals surface area contributed by atoms with Gasteiger partial charge in [0.25, 0.3) is 0 Å². The van der Waals surface area contributed by atoms with Gasteiger partial charge >= 0.3 is 0 Å². The Hall–Kier alpha value is -1.72. The van der Waals surface area contributed by atoms with Crippen LogP contribution in [0.2, 0.25) is 0 Å².